The third-order valence-corrected chi connectivity index (χ3v) is 4.51. The van der Waals surface area contributed by atoms with Crippen LogP contribution >= 0.6 is 0 Å². The summed E-state index contributed by atoms with van der Waals surface area (Å²) in [6.07, 6.45) is 2.01. The van der Waals surface area contributed by atoms with Crippen LogP contribution in [0.15, 0.2) is 23.2 Å². The maximum Gasteiger partial charge on any atom is 0.407 e. The molecule has 1 saturated carbocycles. The zero-order valence-corrected chi connectivity index (χ0v) is 17.7. The summed E-state index contributed by atoms with van der Waals surface area (Å²) in [5, 5.41) is 9.58. The van der Waals surface area contributed by atoms with Gasteiger partial charge in [-0.3, -0.25) is 4.99 Å². The Morgan fingerprint density at radius 1 is 1.29 bits per heavy atom. The summed E-state index contributed by atoms with van der Waals surface area (Å²) < 4.78 is 10.9. The van der Waals surface area contributed by atoms with Crippen molar-refractivity contribution in [2.45, 2.75) is 59.2 Å². The average Bonchev–Trinajstić information content (AvgIpc) is 3.47. The number of carbonyl (C=O) groups is 1. The minimum absolute atomic E-state index is 0.0387. The predicted molar refractivity (Wildman–Crippen MR) is 112 cm³/mol. The molecule has 1 amide bonds. The molecule has 1 fully saturated rings. The predicted octanol–water partition coefficient (Wildman–Crippen LogP) is 2.97. The van der Waals surface area contributed by atoms with Gasteiger partial charge in [-0.1, -0.05) is 12.1 Å². The van der Waals surface area contributed by atoms with Crippen LogP contribution in [-0.4, -0.2) is 44.4 Å². The molecular formula is C21H34N4O3. The van der Waals surface area contributed by atoms with Gasteiger partial charge in [0.1, 0.15) is 5.75 Å². The first kappa shape index (κ1) is 21.9. The van der Waals surface area contributed by atoms with Gasteiger partial charge in [-0.25, -0.2) is 4.79 Å². The van der Waals surface area contributed by atoms with E-state index in [0.29, 0.717) is 31.6 Å². The molecule has 7 heteroatoms. The topological polar surface area (TPSA) is 84.0 Å². The summed E-state index contributed by atoms with van der Waals surface area (Å²) in [5.41, 5.74) is 2.24. The Morgan fingerprint density at radius 2 is 2.04 bits per heavy atom. The summed E-state index contributed by atoms with van der Waals surface area (Å²) in [4.78, 5) is 16.0. The van der Waals surface area contributed by atoms with Crippen molar-refractivity contribution in [3.05, 3.63) is 29.3 Å². The first-order valence-corrected chi connectivity index (χ1v) is 10.1. The summed E-state index contributed by atoms with van der Waals surface area (Å²) in [5.74, 6) is 2.07. The molecule has 7 nitrogen and oxygen atoms in total. The summed E-state index contributed by atoms with van der Waals surface area (Å²) >= 11 is 0. The zero-order chi connectivity index (χ0) is 20.5. The van der Waals surface area contributed by atoms with Gasteiger partial charge in [0.05, 0.1) is 18.8 Å². The number of nitrogens with zero attached hydrogens (tertiary/aromatic N) is 1. The molecule has 2 rings (SSSR count). The van der Waals surface area contributed by atoms with E-state index in [1.165, 1.54) is 5.56 Å². The van der Waals surface area contributed by atoms with Crippen LogP contribution in [0.3, 0.4) is 0 Å². The molecule has 0 aromatic heterocycles. The van der Waals surface area contributed by atoms with Crippen LogP contribution in [0.25, 0.3) is 0 Å². The van der Waals surface area contributed by atoms with Gasteiger partial charge in [-0.05, 0) is 58.1 Å². The van der Waals surface area contributed by atoms with Crippen LogP contribution in [0.1, 0.15) is 44.7 Å². The van der Waals surface area contributed by atoms with Crippen LogP contribution in [0.2, 0.25) is 0 Å². The number of ether oxygens (including phenoxy) is 2. The number of benzene rings is 1. The Hall–Kier alpha value is -2.44. The Labute approximate surface area is 168 Å². The normalized spacial score (nSPS) is 15.1. The van der Waals surface area contributed by atoms with E-state index in [-0.39, 0.29) is 18.2 Å². The molecule has 1 aromatic rings. The zero-order valence-electron chi connectivity index (χ0n) is 17.7. The molecule has 0 bridgehead atoms. The Kier molecular flexibility index (Phi) is 8.42. The van der Waals surface area contributed by atoms with Crippen LogP contribution < -0.4 is 20.7 Å². The molecule has 0 radical (unpaired) electrons. The lowest BCUT2D eigenvalue weighted by molar-refractivity contribution is 0.146. The van der Waals surface area contributed by atoms with Crippen LogP contribution in [-0.2, 0) is 11.3 Å². The number of carbonyl (C=O) groups excluding carboxylic acids is 1. The highest BCUT2D eigenvalue weighted by Gasteiger charge is 2.32. The Morgan fingerprint density at radius 3 is 2.64 bits per heavy atom. The van der Waals surface area contributed by atoms with E-state index in [4.69, 9.17) is 9.47 Å². The molecular weight excluding hydrogens is 356 g/mol. The van der Waals surface area contributed by atoms with E-state index >= 15 is 0 Å². The molecule has 1 unspecified atom stereocenters. The van der Waals surface area contributed by atoms with E-state index < -0.39 is 0 Å². The van der Waals surface area contributed by atoms with Crippen molar-refractivity contribution in [2.24, 2.45) is 10.9 Å². The molecule has 1 aliphatic carbocycles. The molecule has 1 atom stereocenters. The minimum Gasteiger partial charge on any atom is -0.491 e. The number of alkyl carbamates (subject to hydrolysis) is 1. The minimum atomic E-state index is -0.362. The third-order valence-electron chi connectivity index (χ3n) is 4.51. The molecule has 0 aliphatic heterocycles. The van der Waals surface area contributed by atoms with E-state index in [9.17, 15) is 4.79 Å². The van der Waals surface area contributed by atoms with Crippen molar-refractivity contribution in [2.75, 3.05) is 20.2 Å². The number of rotatable bonds is 9. The number of guanidine groups is 1. The second-order valence-electron chi connectivity index (χ2n) is 7.39. The van der Waals surface area contributed by atoms with E-state index in [0.717, 1.165) is 24.2 Å². The fourth-order valence-corrected chi connectivity index (χ4v) is 2.94. The van der Waals surface area contributed by atoms with E-state index in [2.05, 4.69) is 46.1 Å². The molecule has 0 heterocycles. The lowest BCUT2D eigenvalue weighted by atomic mass is 10.1. The summed E-state index contributed by atoms with van der Waals surface area (Å²) in [6, 6.07) is 6.24. The van der Waals surface area contributed by atoms with Crippen molar-refractivity contribution in [1.82, 2.24) is 16.0 Å². The highest BCUT2D eigenvalue weighted by atomic mass is 16.5. The van der Waals surface area contributed by atoms with Crippen LogP contribution in [0.5, 0.6) is 5.75 Å². The van der Waals surface area contributed by atoms with Gasteiger partial charge in [0.25, 0.3) is 0 Å². The number of hydrogen-bond acceptors (Lipinski definition) is 4. The van der Waals surface area contributed by atoms with Gasteiger partial charge >= 0.3 is 6.09 Å². The molecule has 1 aromatic carbocycles. The standard InChI is InChI=1S/C21H34N4O3/c1-6-27-21(26)25-18(16-9-10-16)13-24-20(22-5)23-12-17-8-7-15(4)11-19(17)28-14(2)3/h7-8,11,14,16,18H,6,9-10,12-13H2,1-5H3,(H,25,26)(H2,22,23,24). The largest absolute Gasteiger partial charge is 0.491 e. The van der Waals surface area contributed by atoms with Gasteiger partial charge in [-0.15, -0.1) is 0 Å². The van der Waals surface area contributed by atoms with Gasteiger partial charge in [0, 0.05) is 25.7 Å². The first-order chi connectivity index (χ1) is 13.4. The first-order valence-electron chi connectivity index (χ1n) is 10.1. The lowest BCUT2D eigenvalue weighted by Gasteiger charge is -2.21. The molecule has 3 N–H and O–H groups in total. The maximum absolute atomic E-state index is 11.7. The quantitative estimate of drug-likeness (QED) is 0.446. The average molecular weight is 391 g/mol. The second-order valence-corrected chi connectivity index (χ2v) is 7.39. The Bertz CT molecular complexity index is 672. The van der Waals surface area contributed by atoms with Gasteiger partial charge in [0.15, 0.2) is 5.96 Å². The summed E-state index contributed by atoms with van der Waals surface area (Å²) in [6.45, 7) is 9.48. The molecule has 1 aliphatic rings. The molecule has 28 heavy (non-hydrogen) atoms. The van der Waals surface area contributed by atoms with Crippen molar-refractivity contribution in [3.8, 4) is 5.75 Å². The number of nitrogens with one attached hydrogen (secondary N) is 3. The van der Waals surface area contributed by atoms with Crippen molar-refractivity contribution in [3.63, 3.8) is 0 Å². The number of aryl methyl sites for hydroxylation is 1. The molecule has 0 saturated heterocycles. The highest BCUT2D eigenvalue weighted by molar-refractivity contribution is 5.79. The number of aliphatic imine (C=N–C) groups is 1. The number of amides is 1. The van der Waals surface area contributed by atoms with Gasteiger partial charge in [0.2, 0.25) is 0 Å². The smallest absolute Gasteiger partial charge is 0.407 e. The maximum atomic E-state index is 11.7. The van der Waals surface area contributed by atoms with Crippen molar-refractivity contribution < 1.29 is 14.3 Å². The second kappa shape index (κ2) is 10.8. The lowest BCUT2D eigenvalue weighted by Crippen LogP contribution is -2.48. The van der Waals surface area contributed by atoms with E-state index in [1.54, 1.807) is 14.0 Å². The van der Waals surface area contributed by atoms with Crippen LogP contribution in [0, 0.1) is 12.8 Å². The van der Waals surface area contributed by atoms with Gasteiger partial charge in [-0.2, -0.15) is 0 Å². The fourth-order valence-electron chi connectivity index (χ4n) is 2.94. The van der Waals surface area contributed by atoms with Crippen molar-refractivity contribution in [1.29, 1.82) is 0 Å². The SMILES string of the molecule is CCOC(=O)NC(CNC(=NC)NCc1ccc(C)cc1OC(C)C)C1CC1. The van der Waals surface area contributed by atoms with E-state index in [1.807, 2.05) is 13.8 Å². The Balaban J connectivity index is 1.89. The summed E-state index contributed by atoms with van der Waals surface area (Å²) in [7, 11) is 1.74. The van der Waals surface area contributed by atoms with Crippen molar-refractivity contribution >= 4 is 12.1 Å². The number of hydrogen-bond donors (Lipinski definition) is 3. The van der Waals surface area contributed by atoms with Crippen LogP contribution in [0.4, 0.5) is 4.79 Å². The van der Waals surface area contributed by atoms with Gasteiger partial charge < -0.3 is 25.4 Å². The molecule has 0 spiro atoms. The fraction of sp³-hybridized carbons (Fsp3) is 0.619. The monoisotopic (exact) mass is 390 g/mol. The third kappa shape index (κ3) is 7.29. The highest BCUT2D eigenvalue weighted by Crippen LogP contribution is 2.32. The molecule has 156 valence electrons.